The Morgan fingerprint density at radius 2 is 0.412 bits per heavy atom. The third-order valence-electron chi connectivity index (χ3n) is 19.3. The number of rotatable bonds is 80. The molecule has 0 saturated carbocycles. The van der Waals surface area contributed by atoms with E-state index in [1.54, 1.807) is 0 Å². The van der Waals surface area contributed by atoms with Crippen molar-refractivity contribution >= 4 is 39.5 Å². The maximum absolute atomic E-state index is 13.1. The highest BCUT2D eigenvalue weighted by Gasteiger charge is 2.30. The van der Waals surface area contributed by atoms with E-state index in [4.69, 9.17) is 37.0 Å². The van der Waals surface area contributed by atoms with Crippen LogP contribution in [0.5, 0.6) is 0 Å². The molecule has 3 N–H and O–H groups in total. The lowest BCUT2D eigenvalue weighted by Gasteiger charge is -2.21. The van der Waals surface area contributed by atoms with Gasteiger partial charge >= 0.3 is 39.5 Å². The van der Waals surface area contributed by atoms with Gasteiger partial charge in [-0.25, -0.2) is 9.13 Å². The molecule has 0 aliphatic carbocycles. The van der Waals surface area contributed by atoms with Gasteiger partial charge in [-0.1, -0.05) is 376 Å². The standard InChI is InChI=1S/C83H162O17P2/c1-73(2)59-51-43-35-28-23-19-15-11-9-10-12-17-21-25-31-39-47-55-63-80(85)93-69-78(99-82(87)65-57-49-40-32-26-22-18-14-13-16-20-24-29-36-44-52-60-74(3)4)71-97-101(89,90)95-67-77(84)68-96-102(91,92)98-72-79(70-94-81(86)64-56-48-42-34-38-46-54-62-76(7)8)100-83(88)66-58-50-41-33-27-30-37-45-53-61-75(5)6/h73-79,84H,9-72H2,1-8H3,(H,89,90)(H,91,92)/t77?,78-,79-/m1/s1. The number of esters is 4. The van der Waals surface area contributed by atoms with Crippen molar-refractivity contribution in [1.29, 1.82) is 0 Å². The third-order valence-corrected chi connectivity index (χ3v) is 21.2. The number of aliphatic hydroxyl groups is 1. The largest absolute Gasteiger partial charge is 0.472 e. The molecule has 5 atom stereocenters. The zero-order valence-corrected chi connectivity index (χ0v) is 69.0. The predicted octanol–water partition coefficient (Wildman–Crippen LogP) is 24.8. The molecule has 102 heavy (non-hydrogen) atoms. The van der Waals surface area contributed by atoms with E-state index in [0.717, 1.165) is 114 Å². The van der Waals surface area contributed by atoms with Gasteiger partial charge in [0.2, 0.25) is 0 Å². The molecular weight excluding hydrogens is 1330 g/mol. The van der Waals surface area contributed by atoms with Crippen LogP contribution in [0.1, 0.15) is 428 Å². The first kappa shape index (κ1) is 100. The SMILES string of the molecule is CC(C)CCCCCCCCCCCCCCCCCCCCC(=O)OC[C@H](COP(=O)(O)OCC(O)COP(=O)(O)OC[C@@H](COC(=O)CCCCCCCCCC(C)C)OC(=O)CCCCCCCCCCCC(C)C)OC(=O)CCCCCCCCCCCCCCCCCCC(C)C. The van der Waals surface area contributed by atoms with Crippen molar-refractivity contribution < 1.29 is 80.2 Å². The topological polar surface area (TPSA) is 237 Å². The number of carbonyl (C=O) groups is 4. The van der Waals surface area contributed by atoms with E-state index in [9.17, 15) is 43.2 Å². The number of hydrogen-bond donors (Lipinski definition) is 3. The number of carbonyl (C=O) groups excluding carboxylic acids is 4. The Kier molecular flexibility index (Phi) is 70.6. The van der Waals surface area contributed by atoms with Crippen LogP contribution in [0.25, 0.3) is 0 Å². The lowest BCUT2D eigenvalue weighted by Crippen LogP contribution is -2.30. The Balaban J connectivity index is 5.21. The molecule has 17 nitrogen and oxygen atoms in total. The smallest absolute Gasteiger partial charge is 0.462 e. The van der Waals surface area contributed by atoms with Gasteiger partial charge in [0.25, 0.3) is 0 Å². The molecule has 0 amide bonds. The summed E-state index contributed by atoms with van der Waals surface area (Å²) in [4.78, 5) is 73.0. The van der Waals surface area contributed by atoms with Gasteiger partial charge in [-0.3, -0.25) is 37.3 Å². The number of hydrogen-bond acceptors (Lipinski definition) is 15. The number of phosphoric ester groups is 2. The average Bonchev–Trinajstić information content (AvgIpc) is 0.909. The zero-order valence-electron chi connectivity index (χ0n) is 67.2. The summed E-state index contributed by atoms with van der Waals surface area (Å²) in [6.45, 7) is 14.2. The molecule has 0 fully saturated rings. The summed E-state index contributed by atoms with van der Waals surface area (Å²) < 4.78 is 68.7. The second-order valence-corrected chi connectivity index (χ2v) is 34.7. The second-order valence-electron chi connectivity index (χ2n) is 31.8. The fraction of sp³-hybridized carbons (Fsp3) is 0.952. The predicted molar refractivity (Wildman–Crippen MR) is 418 cm³/mol. The first-order chi connectivity index (χ1) is 49.1. The van der Waals surface area contributed by atoms with E-state index < -0.39 is 97.5 Å². The fourth-order valence-electron chi connectivity index (χ4n) is 12.8. The van der Waals surface area contributed by atoms with E-state index in [-0.39, 0.29) is 25.7 Å². The van der Waals surface area contributed by atoms with Crippen molar-refractivity contribution in [1.82, 2.24) is 0 Å². The summed E-state index contributed by atoms with van der Waals surface area (Å²) in [5, 5.41) is 10.6. The minimum atomic E-state index is -4.96. The molecule has 0 aliphatic heterocycles. The van der Waals surface area contributed by atoms with Crippen LogP contribution in [-0.2, 0) is 65.4 Å². The Hall–Kier alpha value is -1.94. The van der Waals surface area contributed by atoms with E-state index in [1.807, 2.05) is 0 Å². The molecule has 0 aromatic heterocycles. The molecule has 0 heterocycles. The molecular formula is C83H162O17P2. The first-order valence-corrected chi connectivity index (χ1v) is 45.7. The van der Waals surface area contributed by atoms with Crippen LogP contribution < -0.4 is 0 Å². The minimum absolute atomic E-state index is 0.104. The lowest BCUT2D eigenvalue weighted by atomic mass is 10.0. The molecule has 0 spiro atoms. The Labute approximate surface area is 626 Å². The van der Waals surface area contributed by atoms with Crippen LogP contribution in [0.4, 0.5) is 0 Å². The van der Waals surface area contributed by atoms with Gasteiger partial charge < -0.3 is 33.8 Å². The number of phosphoric acid groups is 2. The van der Waals surface area contributed by atoms with Crippen LogP contribution >= 0.6 is 15.6 Å². The van der Waals surface area contributed by atoms with Crippen molar-refractivity contribution in [3.05, 3.63) is 0 Å². The quantitative estimate of drug-likeness (QED) is 0.0222. The number of ether oxygens (including phenoxy) is 4. The summed E-state index contributed by atoms with van der Waals surface area (Å²) in [6.07, 6.45) is 59.9. The molecule has 0 rings (SSSR count). The van der Waals surface area contributed by atoms with E-state index in [1.165, 1.54) is 225 Å². The van der Waals surface area contributed by atoms with Gasteiger partial charge in [-0.05, 0) is 49.4 Å². The number of unbranched alkanes of at least 4 members (excludes halogenated alkanes) is 46. The fourth-order valence-corrected chi connectivity index (χ4v) is 14.4. The van der Waals surface area contributed by atoms with Crippen molar-refractivity contribution in [2.45, 2.75) is 446 Å². The number of aliphatic hydroxyl groups excluding tert-OH is 1. The molecule has 0 bridgehead atoms. The average molecular weight is 1490 g/mol. The highest BCUT2D eigenvalue weighted by molar-refractivity contribution is 7.47. The molecule has 0 radical (unpaired) electrons. The molecule has 0 saturated heterocycles. The Morgan fingerprint density at radius 3 is 0.608 bits per heavy atom. The molecule has 19 heteroatoms. The van der Waals surface area contributed by atoms with E-state index >= 15 is 0 Å². The zero-order chi connectivity index (χ0) is 75.3. The summed E-state index contributed by atoms with van der Waals surface area (Å²) in [5.41, 5.74) is 0. The maximum Gasteiger partial charge on any atom is 0.472 e. The maximum atomic E-state index is 13.1. The van der Waals surface area contributed by atoms with Crippen molar-refractivity contribution in [2.24, 2.45) is 23.7 Å². The third kappa shape index (κ3) is 76.3. The second kappa shape index (κ2) is 72.0. The van der Waals surface area contributed by atoms with Crippen LogP contribution in [0.3, 0.4) is 0 Å². The van der Waals surface area contributed by atoms with Crippen LogP contribution in [0.15, 0.2) is 0 Å². The molecule has 0 aromatic rings. The van der Waals surface area contributed by atoms with Gasteiger partial charge in [0.1, 0.15) is 19.3 Å². The van der Waals surface area contributed by atoms with Crippen LogP contribution in [0, 0.1) is 23.7 Å². The summed E-state index contributed by atoms with van der Waals surface area (Å²) in [7, 11) is -9.92. The Morgan fingerprint density at radius 1 is 0.245 bits per heavy atom. The summed E-state index contributed by atoms with van der Waals surface area (Å²) in [5.74, 6) is 0.960. The van der Waals surface area contributed by atoms with E-state index in [0.29, 0.717) is 31.6 Å². The molecule has 0 aromatic carbocycles. The highest BCUT2D eigenvalue weighted by Crippen LogP contribution is 2.45. The minimum Gasteiger partial charge on any atom is -0.462 e. The lowest BCUT2D eigenvalue weighted by molar-refractivity contribution is -0.161. The van der Waals surface area contributed by atoms with Gasteiger partial charge in [0.05, 0.1) is 26.4 Å². The monoisotopic (exact) mass is 1490 g/mol. The summed E-state index contributed by atoms with van der Waals surface area (Å²) in [6, 6.07) is 0. The van der Waals surface area contributed by atoms with Gasteiger partial charge in [-0.15, -0.1) is 0 Å². The van der Waals surface area contributed by atoms with Crippen molar-refractivity contribution in [3.8, 4) is 0 Å². The molecule has 0 aliphatic rings. The van der Waals surface area contributed by atoms with Gasteiger partial charge in [0.15, 0.2) is 12.2 Å². The van der Waals surface area contributed by atoms with Crippen molar-refractivity contribution in [3.63, 3.8) is 0 Å². The molecule has 606 valence electrons. The normalized spacial score (nSPS) is 14.0. The van der Waals surface area contributed by atoms with Crippen LogP contribution in [-0.4, -0.2) is 96.7 Å². The summed E-state index contributed by atoms with van der Waals surface area (Å²) >= 11 is 0. The molecule has 3 unspecified atom stereocenters. The first-order valence-electron chi connectivity index (χ1n) is 42.7. The van der Waals surface area contributed by atoms with Crippen molar-refractivity contribution in [2.75, 3.05) is 39.6 Å². The van der Waals surface area contributed by atoms with Crippen LogP contribution in [0.2, 0.25) is 0 Å². The Bertz CT molecular complexity index is 1990. The van der Waals surface area contributed by atoms with E-state index in [2.05, 4.69) is 55.4 Å². The van der Waals surface area contributed by atoms with Gasteiger partial charge in [0, 0.05) is 25.7 Å². The highest BCUT2D eigenvalue weighted by atomic mass is 31.2. The van der Waals surface area contributed by atoms with Gasteiger partial charge in [-0.2, -0.15) is 0 Å².